The van der Waals surface area contributed by atoms with E-state index in [0.29, 0.717) is 33.5 Å². The molecule has 0 radical (unpaired) electrons. The molecule has 2 amide bonds. The van der Waals surface area contributed by atoms with Crippen LogP contribution in [0.5, 0.6) is 0 Å². The summed E-state index contributed by atoms with van der Waals surface area (Å²) in [6.45, 7) is 0.676. The average Bonchev–Trinajstić information content (AvgIpc) is 3.36. The van der Waals surface area contributed by atoms with Gasteiger partial charge in [0.1, 0.15) is 5.70 Å². The van der Waals surface area contributed by atoms with Gasteiger partial charge in [0.15, 0.2) is 0 Å². The highest BCUT2D eigenvalue weighted by Gasteiger charge is 2.44. The fourth-order valence-electron chi connectivity index (χ4n) is 4.04. The first-order chi connectivity index (χ1) is 14.6. The van der Waals surface area contributed by atoms with Crippen molar-refractivity contribution < 1.29 is 9.59 Å². The highest BCUT2D eigenvalue weighted by molar-refractivity contribution is 7.11. The minimum Gasteiger partial charge on any atom is -0.336 e. The summed E-state index contributed by atoms with van der Waals surface area (Å²) in [5, 5.41) is 2.57. The van der Waals surface area contributed by atoms with Gasteiger partial charge in [0.2, 0.25) is 0 Å². The number of anilines is 2. The normalized spacial score (nSPS) is 16.5. The molecule has 0 saturated carbocycles. The molecule has 3 aromatic rings. The lowest BCUT2D eigenvalue weighted by molar-refractivity contribution is -0.120. The van der Waals surface area contributed by atoms with Gasteiger partial charge in [0.05, 0.1) is 21.3 Å². The van der Waals surface area contributed by atoms with E-state index >= 15 is 0 Å². The largest absolute Gasteiger partial charge is 0.336 e. The standard InChI is InChI=1S/C23H16Cl2N2O2S/c24-16-10-9-15(13-17(16)25)27-22(28)20(19-8-4-12-30-19)21(23(27)29)26-11-3-6-14-5-1-2-7-18(14)26/h1-2,4-5,7-10,12-13H,3,6,11H2. The summed E-state index contributed by atoms with van der Waals surface area (Å²) in [5.74, 6) is -0.697. The Morgan fingerprint density at radius 1 is 0.900 bits per heavy atom. The smallest absolute Gasteiger partial charge is 0.282 e. The monoisotopic (exact) mass is 454 g/mol. The van der Waals surface area contributed by atoms with Gasteiger partial charge >= 0.3 is 0 Å². The van der Waals surface area contributed by atoms with Crippen molar-refractivity contribution in [1.82, 2.24) is 0 Å². The second kappa shape index (κ2) is 7.58. The minimum absolute atomic E-state index is 0.296. The number of carbonyl (C=O) groups is 2. The lowest BCUT2D eigenvalue weighted by atomic mass is 10.00. The Hall–Kier alpha value is -2.60. The molecule has 7 heteroatoms. The Balaban J connectivity index is 1.68. The van der Waals surface area contributed by atoms with E-state index in [1.54, 1.807) is 18.2 Å². The van der Waals surface area contributed by atoms with Gasteiger partial charge in [-0.2, -0.15) is 0 Å². The van der Waals surface area contributed by atoms with Crippen LogP contribution in [-0.4, -0.2) is 18.4 Å². The molecule has 30 heavy (non-hydrogen) atoms. The Morgan fingerprint density at radius 2 is 1.73 bits per heavy atom. The molecule has 0 N–H and O–H groups in total. The molecule has 0 saturated heterocycles. The zero-order valence-corrected chi connectivity index (χ0v) is 18.1. The van der Waals surface area contributed by atoms with Crippen LogP contribution in [0.1, 0.15) is 16.9 Å². The molecule has 0 atom stereocenters. The molecule has 2 aliphatic heterocycles. The third kappa shape index (κ3) is 3.05. The maximum Gasteiger partial charge on any atom is 0.282 e. The van der Waals surface area contributed by atoms with Gasteiger partial charge in [-0.1, -0.05) is 47.5 Å². The van der Waals surface area contributed by atoms with Crippen molar-refractivity contribution in [2.24, 2.45) is 0 Å². The predicted octanol–water partition coefficient (Wildman–Crippen LogP) is 5.79. The van der Waals surface area contributed by atoms with Gasteiger partial charge < -0.3 is 4.90 Å². The van der Waals surface area contributed by atoms with Gasteiger partial charge in [-0.05, 0) is 54.1 Å². The van der Waals surface area contributed by atoms with Crippen molar-refractivity contribution >= 4 is 63.3 Å². The number of nitrogens with zero attached hydrogens (tertiary/aromatic N) is 2. The van der Waals surface area contributed by atoms with E-state index in [1.165, 1.54) is 21.8 Å². The molecule has 3 heterocycles. The van der Waals surface area contributed by atoms with Gasteiger partial charge in [-0.25, -0.2) is 4.90 Å². The number of fused-ring (bicyclic) bond motifs is 1. The number of imide groups is 1. The van der Waals surface area contributed by atoms with Crippen LogP contribution in [0.3, 0.4) is 0 Å². The summed E-state index contributed by atoms with van der Waals surface area (Å²) in [7, 11) is 0. The number of carbonyl (C=O) groups excluding carboxylic acids is 2. The number of hydrogen-bond donors (Lipinski definition) is 0. The molecule has 5 rings (SSSR count). The Kier molecular flexibility index (Phi) is 4.89. The zero-order valence-electron chi connectivity index (χ0n) is 15.8. The summed E-state index contributed by atoms with van der Waals surface area (Å²) in [4.78, 5) is 31.2. The summed E-state index contributed by atoms with van der Waals surface area (Å²) in [6, 6.07) is 16.6. The third-order valence-electron chi connectivity index (χ3n) is 5.37. The van der Waals surface area contributed by atoms with E-state index in [0.717, 1.165) is 23.4 Å². The van der Waals surface area contributed by atoms with Crippen molar-refractivity contribution in [2.45, 2.75) is 12.8 Å². The summed E-state index contributed by atoms with van der Waals surface area (Å²) in [5.41, 5.74) is 3.41. The number of halogens is 2. The maximum atomic E-state index is 13.7. The van der Waals surface area contributed by atoms with Crippen molar-refractivity contribution in [3.8, 4) is 0 Å². The van der Waals surface area contributed by atoms with Crippen LogP contribution in [0.2, 0.25) is 10.0 Å². The first-order valence-corrected chi connectivity index (χ1v) is 11.2. The molecule has 2 aromatic carbocycles. The molecule has 0 aliphatic carbocycles. The van der Waals surface area contributed by atoms with E-state index in [-0.39, 0.29) is 11.8 Å². The van der Waals surface area contributed by atoms with Crippen LogP contribution in [0.25, 0.3) is 5.57 Å². The van der Waals surface area contributed by atoms with Crippen LogP contribution in [0.4, 0.5) is 11.4 Å². The number of benzene rings is 2. The average molecular weight is 455 g/mol. The van der Waals surface area contributed by atoms with Gasteiger partial charge in [-0.15, -0.1) is 11.3 Å². The van der Waals surface area contributed by atoms with Crippen LogP contribution in [0, 0.1) is 0 Å². The van der Waals surface area contributed by atoms with Crippen molar-refractivity contribution in [1.29, 1.82) is 0 Å². The molecule has 0 spiro atoms. The highest BCUT2D eigenvalue weighted by atomic mass is 35.5. The lowest BCUT2D eigenvalue weighted by Crippen LogP contribution is -2.37. The number of rotatable bonds is 3. The number of para-hydroxylation sites is 1. The van der Waals surface area contributed by atoms with E-state index in [4.69, 9.17) is 23.2 Å². The molecule has 2 aliphatic rings. The zero-order chi connectivity index (χ0) is 20.8. The van der Waals surface area contributed by atoms with E-state index in [2.05, 4.69) is 6.07 Å². The number of amides is 2. The van der Waals surface area contributed by atoms with E-state index < -0.39 is 0 Å². The number of thiophene rings is 1. The van der Waals surface area contributed by atoms with Crippen molar-refractivity contribution in [2.75, 3.05) is 16.3 Å². The second-order valence-electron chi connectivity index (χ2n) is 7.13. The second-order valence-corrected chi connectivity index (χ2v) is 8.89. The van der Waals surface area contributed by atoms with Crippen molar-refractivity contribution in [3.63, 3.8) is 0 Å². The van der Waals surface area contributed by atoms with Gasteiger partial charge in [0, 0.05) is 17.1 Å². The first kappa shape index (κ1) is 19.4. The maximum absolute atomic E-state index is 13.7. The molecule has 0 bridgehead atoms. The fraction of sp³-hybridized carbons (Fsp3) is 0.130. The van der Waals surface area contributed by atoms with Gasteiger partial charge in [0.25, 0.3) is 11.8 Å². The summed E-state index contributed by atoms with van der Waals surface area (Å²) >= 11 is 13.7. The summed E-state index contributed by atoms with van der Waals surface area (Å²) in [6.07, 6.45) is 1.86. The molecule has 4 nitrogen and oxygen atoms in total. The third-order valence-corrected chi connectivity index (χ3v) is 6.99. The van der Waals surface area contributed by atoms with E-state index in [1.807, 2.05) is 40.6 Å². The summed E-state index contributed by atoms with van der Waals surface area (Å²) < 4.78 is 0. The topological polar surface area (TPSA) is 40.6 Å². The molecule has 1 aromatic heterocycles. The van der Waals surface area contributed by atoms with Crippen LogP contribution >= 0.6 is 34.5 Å². The Morgan fingerprint density at radius 3 is 2.50 bits per heavy atom. The van der Waals surface area contributed by atoms with Crippen LogP contribution in [0.15, 0.2) is 65.7 Å². The minimum atomic E-state index is -0.349. The predicted molar refractivity (Wildman–Crippen MR) is 122 cm³/mol. The number of hydrogen-bond acceptors (Lipinski definition) is 4. The molecule has 0 fully saturated rings. The number of aryl methyl sites for hydroxylation is 1. The van der Waals surface area contributed by atoms with Crippen LogP contribution < -0.4 is 9.80 Å². The fourth-order valence-corrected chi connectivity index (χ4v) is 5.09. The lowest BCUT2D eigenvalue weighted by Gasteiger charge is -2.32. The SMILES string of the molecule is O=C1C(c2cccs2)=C(N2CCCc3ccccc32)C(=O)N1c1ccc(Cl)c(Cl)c1. The molecular weight excluding hydrogens is 439 g/mol. The Bertz CT molecular complexity index is 1200. The molecular formula is C23H16Cl2N2O2S. The Labute approximate surface area is 187 Å². The quantitative estimate of drug-likeness (QED) is 0.470. The molecule has 150 valence electrons. The molecule has 0 unspecified atom stereocenters. The van der Waals surface area contributed by atoms with E-state index in [9.17, 15) is 9.59 Å². The van der Waals surface area contributed by atoms with Gasteiger partial charge in [-0.3, -0.25) is 9.59 Å². The van der Waals surface area contributed by atoms with Crippen LogP contribution in [-0.2, 0) is 16.0 Å². The first-order valence-electron chi connectivity index (χ1n) is 9.53. The highest BCUT2D eigenvalue weighted by Crippen LogP contribution is 2.41. The van der Waals surface area contributed by atoms with Crippen molar-refractivity contribution in [3.05, 3.63) is 86.2 Å².